The van der Waals surface area contributed by atoms with Gasteiger partial charge in [-0.2, -0.15) is 0 Å². The third kappa shape index (κ3) is 5.06. The van der Waals surface area contributed by atoms with Crippen LogP contribution >= 0.6 is 0 Å². The molecule has 4 heterocycles. The molecule has 2 atom stereocenters. The van der Waals surface area contributed by atoms with Gasteiger partial charge in [0.1, 0.15) is 12.4 Å². The van der Waals surface area contributed by atoms with Crippen molar-refractivity contribution in [2.75, 3.05) is 13.1 Å². The standard InChI is InChI=1S/C27H30N4O2/c32-26-9-1-4-14-27(30-26)20-31(18-24(27)25-8-3-6-16-29-25)17-21-10-12-23(13-11-21)33-19-22-7-2-5-15-28-22/h2-3,5-8,10-13,15-16,24H,1,4,9,14,17-20H2,(H,30,32)/t24-,27+/m0/s1. The second-order valence-corrected chi connectivity index (χ2v) is 9.14. The second kappa shape index (κ2) is 9.71. The largest absolute Gasteiger partial charge is 0.487 e. The highest BCUT2D eigenvalue weighted by molar-refractivity contribution is 5.77. The maximum atomic E-state index is 12.5. The van der Waals surface area contributed by atoms with E-state index >= 15 is 0 Å². The smallest absolute Gasteiger partial charge is 0.220 e. The molecule has 1 aromatic carbocycles. The van der Waals surface area contributed by atoms with E-state index < -0.39 is 0 Å². The van der Waals surface area contributed by atoms with Crippen LogP contribution in [0, 0.1) is 0 Å². The summed E-state index contributed by atoms with van der Waals surface area (Å²) < 4.78 is 5.88. The van der Waals surface area contributed by atoms with Crippen molar-refractivity contribution < 1.29 is 9.53 Å². The van der Waals surface area contributed by atoms with Crippen LogP contribution in [0.25, 0.3) is 0 Å². The molecule has 2 aliphatic heterocycles. The van der Waals surface area contributed by atoms with Crippen molar-refractivity contribution in [1.82, 2.24) is 20.2 Å². The molecule has 6 nitrogen and oxygen atoms in total. The number of hydrogen-bond acceptors (Lipinski definition) is 5. The van der Waals surface area contributed by atoms with Crippen LogP contribution in [0.2, 0.25) is 0 Å². The monoisotopic (exact) mass is 442 g/mol. The van der Waals surface area contributed by atoms with Crippen molar-refractivity contribution in [1.29, 1.82) is 0 Å². The van der Waals surface area contributed by atoms with Crippen LogP contribution in [0.1, 0.15) is 48.6 Å². The molecule has 1 amide bonds. The maximum Gasteiger partial charge on any atom is 0.220 e. The van der Waals surface area contributed by atoms with E-state index in [9.17, 15) is 4.79 Å². The topological polar surface area (TPSA) is 67.4 Å². The van der Waals surface area contributed by atoms with E-state index in [-0.39, 0.29) is 17.4 Å². The maximum absolute atomic E-state index is 12.5. The van der Waals surface area contributed by atoms with Gasteiger partial charge in [0.2, 0.25) is 5.91 Å². The minimum Gasteiger partial charge on any atom is -0.487 e. The zero-order chi connectivity index (χ0) is 22.5. The summed E-state index contributed by atoms with van der Waals surface area (Å²) in [5, 5.41) is 3.41. The lowest BCUT2D eigenvalue weighted by Crippen LogP contribution is -2.52. The van der Waals surface area contributed by atoms with E-state index in [1.165, 1.54) is 5.56 Å². The number of carbonyl (C=O) groups excluding carboxylic acids is 1. The van der Waals surface area contributed by atoms with Crippen molar-refractivity contribution in [2.24, 2.45) is 0 Å². The number of hydrogen-bond donors (Lipinski definition) is 1. The highest BCUT2D eigenvalue weighted by Gasteiger charge is 2.49. The molecule has 3 aromatic rings. The number of likely N-dealkylation sites (tertiary alicyclic amines) is 1. The van der Waals surface area contributed by atoms with Gasteiger partial charge in [-0.15, -0.1) is 0 Å². The zero-order valence-corrected chi connectivity index (χ0v) is 18.8. The number of carbonyl (C=O) groups is 1. The summed E-state index contributed by atoms with van der Waals surface area (Å²) in [7, 11) is 0. The predicted molar refractivity (Wildman–Crippen MR) is 127 cm³/mol. The number of ether oxygens (including phenoxy) is 1. The van der Waals surface area contributed by atoms with Crippen molar-refractivity contribution in [3.8, 4) is 5.75 Å². The van der Waals surface area contributed by atoms with Gasteiger partial charge in [0.15, 0.2) is 0 Å². The molecule has 2 fully saturated rings. The normalized spacial score (nSPS) is 23.3. The molecule has 2 aliphatic rings. The zero-order valence-electron chi connectivity index (χ0n) is 18.8. The van der Waals surface area contributed by atoms with E-state index in [1.807, 2.05) is 48.7 Å². The molecule has 6 heteroatoms. The van der Waals surface area contributed by atoms with E-state index in [1.54, 1.807) is 6.20 Å². The predicted octanol–water partition coefficient (Wildman–Crippen LogP) is 4.08. The Balaban J connectivity index is 1.28. The lowest BCUT2D eigenvalue weighted by atomic mass is 9.81. The Kier molecular flexibility index (Phi) is 6.35. The molecule has 0 saturated carbocycles. The molecule has 0 bridgehead atoms. The fourth-order valence-corrected chi connectivity index (χ4v) is 5.18. The Morgan fingerprint density at radius 3 is 2.58 bits per heavy atom. The highest BCUT2D eigenvalue weighted by Crippen LogP contribution is 2.40. The molecule has 1 spiro atoms. The number of nitrogens with one attached hydrogen (secondary N) is 1. The average molecular weight is 443 g/mol. The van der Waals surface area contributed by atoms with Crippen LogP contribution in [0.4, 0.5) is 0 Å². The van der Waals surface area contributed by atoms with E-state index in [0.29, 0.717) is 13.0 Å². The van der Waals surface area contributed by atoms with Gasteiger partial charge in [0.05, 0.1) is 11.2 Å². The van der Waals surface area contributed by atoms with Crippen LogP contribution in [0.15, 0.2) is 73.1 Å². The van der Waals surface area contributed by atoms with Gasteiger partial charge in [0.25, 0.3) is 0 Å². The molecule has 170 valence electrons. The summed E-state index contributed by atoms with van der Waals surface area (Å²) in [6.45, 7) is 3.02. The van der Waals surface area contributed by atoms with Gasteiger partial charge in [-0.25, -0.2) is 0 Å². The van der Waals surface area contributed by atoms with Crippen molar-refractivity contribution in [3.05, 3.63) is 90.0 Å². The minimum absolute atomic E-state index is 0.171. The number of rotatable bonds is 6. The number of aromatic nitrogens is 2. The first kappa shape index (κ1) is 21.6. The van der Waals surface area contributed by atoms with E-state index in [2.05, 4.69) is 38.4 Å². The van der Waals surface area contributed by atoms with Crippen LogP contribution in [-0.2, 0) is 17.9 Å². The Morgan fingerprint density at radius 1 is 1.00 bits per heavy atom. The summed E-state index contributed by atoms with van der Waals surface area (Å²) in [5.41, 5.74) is 2.97. The molecule has 5 rings (SSSR count). The van der Waals surface area contributed by atoms with Gasteiger partial charge < -0.3 is 10.1 Å². The molecule has 0 unspecified atom stereocenters. The summed E-state index contributed by atoms with van der Waals surface area (Å²) in [6, 6.07) is 20.2. The molecular weight excluding hydrogens is 412 g/mol. The molecule has 2 saturated heterocycles. The molecule has 0 radical (unpaired) electrons. The van der Waals surface area contributed by atoms with Gasteiger partial charge in [0, 0.05) is 50.1 Å². The lowest BCUT2D eigenvalue weighted by molar-refractivity contribution is -0.122. The van der Waals surface area contributed by atoms with E-state index in [4.69, 9.17) is 4.74 Å². The van der Waals surface area contributed by atoms with Crippen LogP contribution in [-0.4, -0.2) is 39.4 Å². The fourth-order valence-electron chi connectivity index (χ4n) is 5.18. The van der Waals surface area contributed by atoms with Crippen LogP contribution in [0.3, 0.4) is 0 Å². The summed E-state index contributed by atoms with van der Waals surface area (Å²) in [5.74, 6) is 1.20. The number of amides is 1. The number of nitrogens with zero attached hydrogens (tertiary/aromatic N) is 3. The summed E-state index contributed by atoms with van der Waals surface area (Å²) in [4.78, 5) is 23.9. The van der Waals surface area contributed by atoms with Crippen molar-refractivity contribution >= 4 is 5.91 Å². The first-order valence-corrected chi connectivity index (χ1v) is 11.8. The minimum atomic E-state index is -0.242. The molecule has 0 aliphatic carbocycles. The second-order valence-electron chi connectivity index (χ2n) is 9.14. The average Bonchev–Trinajstić information content (AvgIpc) is 3.08. The van der Waals surface area contributed by atoms with E-state index in [0.717, 1.165) is 56.0 Å². The molecular formula is C27H30N4O2. The van der Waals surface area contributed by atoms with Gasteiger partial charge >= 0.3 is 0 Å². The molecule has 33 heavy (non-hydrogen) atoms. The molecule has 1 N–H and O–H groups in total. The third-order valence-corrected chi connectivity index (χ3v) is 6.77. The third-order valence-electron chi connectivity index (χ3n) is 6.77. The SMILES string of the molecule is O=C1CCCC[C@]2(CN(Cc3ccc(OCc4ccccn4)cc3)C[C@H]2c2ccccn2)N1. The quantitative estimate of drug-likeness (QED) is 0.623. The van der Waals surface area contributed by atoms with Gasteiger partial charge in [-0.3, -0.25) is 19.7 Å². The van der Waals surface area contributed by atoms with Gasteiger partial charge in [-0.1, -0.05) is 30.7 Å². The lowest BCUT2D eigenvalue weighted by Gasteiger charge is -2.34. The van der Waals surface area contributed by atoms with Gasteiger partial charge in [-0.05, 0) is 54.8 Å². The Bertz CT molecular complexity index is 1060. The first-order valence-electron chi connectivity index (χ1n) is 11.8. The Hall–Kier alpha value is -3.25. The number of benzene rings is 1. The fraction of sp³-hybridized carbons (Fsp3) is 0.370. The first-order chi connectivity index (χ1) is 16.2. The Labute approximate surface area is 195 Å². The van der Waals surface area contributed by atoms with Crippen LogP contribution < -0.4 is 10.1 Å². The van der Waals surface area contributed by atoms with Crippen LogP contribution in [0.5, 0.6) is 5.75 Å². The number of pyridine rings is 2. The van der Waals surface area contributed by atoms with Crippen molar-refractivity contribution in [3.63, 3.8) is 0 Å². The highest BCUT2D eigenvalue weighted by atomic mass is 16.5. The Morgan fingerprint density at radius 2 is 1.82 bits per heavy atom. The molecule has 2 aromatic heterocycles. The summed E-state index contributed by atoms with van der Waals surface area (Å²) >= 11 is 0. The summed E-state index contributed by atoms with van der Waals surface area (Å²) in [6.07, 6.45) is 7.28. The van der Waals surface area contributed by atoms with Crippen molar-refractivity contribution in [2.45, 2.75) is 50.3 Å².